The number of aromatic nitrogens is 1. The summed E-state index contributed by atoms with van der Waals surface area (Å²) in [7, 11) is 0. The number of likely N-dealkylation sites (tertiary alicyclic amines) is 1. The van der Waals surface area contributed by atoms with E-state index in [4.69, 9.17) is 0 Å². The van der Waals surface area contributed by atoms with Crippen molar-refractivity contribution in [2.24, 2.45) is 0 Å². The average molecular weight is 392 g/mol. The molecule has 0 radical (unpaired) electrons. The van der Waals surface area contributed by atoms with Crippen LogP contribution in [0.4, 0.5) is 10.5 Å². The van der Waals surface area contributed by atoms with Crippen LogP contribution < -0.4 is 5.32 Å². The zero-order chi connectivity index (χ0) is 19.5. The molecule has 2 aromatic carbocycles. The monoisotopic (exact) mass is 391 g/mol. The highest BCUT2D eigenvalue weighted by Gasteiger charge is 2.32. The fourth-order valence-corrected chi connectivity index (χ4v) is 4.69. The molecule has 0 spiro atoms. The van der Waals surface area contributed by atoms with Crippen LogP contribution >= 0.6 is 11.3 Å². The molecule has 0 unspecified atom stereocenters. The molecule has 1 aliphatic rings. The van der Waals surface area contributed by atoms with E-state index in [1.807, 2.05) is 41.4 Å². The summed E-state index contributed by atoms with van der Waals surface area (Å²) in [6.07, 6.45) is 3.89. The minimum atomic E-state index is -0.0418. The van der Waals surface area contributed by atoms with Crippen molar-refractivity contribution >= 4 is 23.1 Å². The molecule has 2 heterocycles. The summed E-state index contributed by atoms with van der Waals surface area (Å²) >= 11 is 1.68. The minimum Gasteiger partial charge on any atom is -0.315 e. The third kappa shape index (κ3) is 3.94. The van der Waals surface area contributed by atoms with Gasteiger partial charge in [0.05, 0.1) is 10.9 Å². The van der Waals surface area contributed by atoms with Crippen molar-refractivity contribution in [1.82, 2.24) is 9.88 Å². The maximum absolute atomic E-state index is 12.9. The molecule has 3 aromatic rings. The van der Waals surface area contributed by atoms with E-state index in [0.29, 0.717) is 5.92 Å². The van der Waals surface area contributed by atoms with Crippen LogP contribution in [0.25, 0.3) is 10.4 Å². The van der Waals surface area contributed by atoms with Crippen LogP contribution in [0.1, 0.15) is 49.2 Å². The Hall–Kier alpha value is -2.66. The highest BCUT2D eigenvalue weighted by Crippen LogP contribution is 2.37. The summed E-state index contributed by atoms with van der Waals surface area (Å²) in [6.45, 7) is 5.08. The van der Waals surface area contributed by atoms with Crippen molar-refractivity contribution in [3.8, 4) is 10.4 Å². The SMILES string of the molecule is CC(C)c1cccc(NC(=O)N2CCC[C@H]2c2ncc(-c3ccccc3)s2)c1. The Balaban J connectivity index is 1.50. The van der Waals surface area contributed by atoms with Crippen LogP contribution in [0, 0.1) is 0 Å². The van der Waals surface area contributed by atoms with Gasteiger partial charge in [-0.3, -0.25) is 0 Å². The number of urea groups is 1. The van der Waals surface area contributed by atoms with E-state index in [-0.39, 0.29) is 12.1 Å². The largest absolute Gasteiger partial charge is 0.322 e. The van der Waals surface area contributed by atoms with Crippen LogP contribution in [-0.2, 0) is 0 Å². The molecule has 1 N–H and O–H groups in total. The summed E-state index contributed by atoms with van der Waals surface area (Å²) in [6, 6.07) is 18.4. The summed E-state index contributed by atoms with van der Waals surface area (Å²) in [5.74, 6) is 0.433. The average Bonchev–Trinajstić information content (AvgIpc) is 3.38. The van der Waals surface area contributed by atoms with Crippen molar-refractivity contribution in [2.75, 3.05) is 11.9 Å². The first-order valence-electron chi connectivity index (χ1n) is 9.80. The fourth-order valence-electron chi connectivity index (χ4n) is 3.61. The maximum atomic E-state index is 12.9. The van der Waals surface area contributed by atoms with Crippen LogP contribution in [0.3, 0.4) is 0 Å². The van der Waals surface area contributed by atoms with Crippen LogP contribution in [0.15, 0.2) is 60.8 Å². The summed E-state index contributed by atoms with van der Waals surface area (Å²) < 4.78 is 0. The van der Waals surface area contributed by atoms with Crippen molar-refractivity contribution in [3.05, 3.63) is 71.4 Å². The molecule has 144 valence electrons. The Morgan fingerprint density at radius 3 is 2.79 bits per heavy atom. The molecule has 1 fully saturated rings. The number of hydrogen-bond donors (Lipinski definition) is 1. The van der Waals surface area contributed by atoms with E-state index in [0.717, 1.165) is 35.0 Å². The van der Waals surface area contributed by atoms with Gasteiger partial charge < -0.3 is 10.2 Å². The number of carbonyl (C=O) groups excluding carboxylic acids is 1. The number of thiazole rings is 1. The molecule has 1 saturated heterocycles. The standard InChI is InChI=1S/C23H25N3OS/c1-16(2)18-10-6-11-19(14-18)25-23(27)26-13-7-12-20(26)22-24-15-21(28-22)17-8-4-3-5-9-17/h3-6,8-11,14-16,20H,7,12-13H2,1-2H3,(H,25,27)/t20-/m0/s1. The fraction of sp³-hybridized carbons (Fsp3) is 0.304. The van der Waals surface area contributed by atoms with E-state index in [1.165, 1.54) is 11.1 Å². The second kappa shape index (κ2) is 8.15. The predicted molar refractivity (Wildman–Crippen MR) is 116 cm³/mol. The molecule has 0 bridgehead atoms. The molecule has 4 nitrogen and oxygen atoms in total. The Labute approximate surface area is 170 Å². The topological polar surface area (TPSA) is 45.2 Å². The van der Waals surface area contributed by atoms with E-state index < -0.39 is 0 Å². The zero-order valence-corrected chi connectivity index (χ0v) is 17.1. The highest BCUT2D eigenvalue weighted by atomic mass is 32.1. The zero-order valence-electron chi connectivity index (χ0n) is 16.3. The molecular weight excluding hydrogens is 366 g/mol. The van der Waals surface area contributed by atoms with Crippen LogP contribution in [0.5, 0.6) is 0 Å². The van der Waals surface area contributed by atoms with Gasteiger partial charge in [-0.2, -0.15) is 0 Å². The van der Waals surface area contributed by atoms with E-state index in [2.05, 4.69) is 48.4 Å². The number of carbonyl (C=O) groups is 1. The molecule has 0 saturated carbocycles. The first kappa shape index (κ1) is 18.7. The molecule has 1 aromatic heterocycles. The van der Waals surface area contributed by atoms with E-state index in [1.54, 1.807) is 11.3 Å². The Bertz CT molecular complexity index is 951. The molecule has 0 aliphatic carbocycles. The summed E-state index contributed by atoms with van der Waals surface area (Å²) in [4.78, 5) is 20.7. The first-order chi connectivity index (χ1) is 13.6. The van der Waals surface area contributed by atoms with Gasteiger partial charge in [0.25, 0.3) is 0 Å². The normalized spacial score (nSPS) is 16.5. The number of hydrogen-bond acceptors (Lipinski definition) is 3. The van der Waals surface area contributed by atoms with Gasteiger partial charge in [-0.05, 0) is 42.0 Å². The predicted octanol–water partition coefficient (Wildman–Crippen LogP) is 6.30. The van der Waals surface area contributed by atoms with E-state index in [9.17, 15) is 4.79 Å². The first-order valence-corrected chi connectivity index (χ1v) is 10.6. The lowest BCUT2D eigenvalue weighted by Crippen LogP contribution is -2.34. The number of amides is 2. The van der Waals surface area contributed by atoms with Gasteiger partial charge >= 0.3 is 6.03 Å². The van der Waals surface area contributed by atoms with Crippen molar-refractivity contribution in [2.45, 2.75) is 38.6 Å². The molecule has 4 rings (SSSR count). The number of rotatable bonds is 4. The van der Waals surface area contributed by atoms with Gasteiger partial charge in [0.1, 0.15) is 5.01 Å². The number of nitrogens with zero attached hydrogens (tertiary/aromatic N) is 2. The van der Waals surface area contributed by atoms with Crippen LogP contribution in [0.2, 0.25) is 0 Å². The van der Waals surface area contributed by atoms with Gasteiger partial charge in [0.15, 0.2) is 0 Å². The van der Waals surface area contributed by atoms with Crippen LogP contribution in [-0.4, -0.2) is 22.5 Å². The molecule has 2 amide bonds. The minimum absolute atomic E-state index is 0.0418. The van der Waals surface area contributed by atoms with Gasteiger partial charge in [-0.25, -0.2) is 9.78 Å². The summed E-state index contributed by atoms with van der Waals surface area (Å²) in [5.41, 5.74) is 3.25. The lowest BCUT2D eigenvalue weighted by Gasteiger charge is -2.23. The Morgan fingerprint density at radius 2 is 2.00 bits per heavy atom. The van der Waals surface area contributed by atoms with E-state index >= 15 is 0 Å². The quantitative estimate of drug-likeness (QED) is 0.567. The second-order valence-corrected chi connectivity index (χ2v) is 8.55. The van der Waals surface area contributed by atoms with Crippen molar-refractivity contribution < 1.29 is 4.79 Å². The smallest absolute Gasteiger partial charge is 0.315 e. The molecule has 1 atom stereocenters. The van der Waals surface area contributed by atoms with Gasteiger partial charge in [-0.15, -0.1) is 11.3 Å². The molecule has 28 heavy (non-hydrogen) atoms. The third-order valence-electron chi connectivity index (χ3n) is 5.19. The second-order valence-electron chi connectivity index (χ2n) is 7.49. The lowest BCUT2D eigenvalue weighted by atomic mass is 10.0. The molecule has 5 heteroatoms. The maximum Gasteiger partial charge on any atom is 0.322 e. The Morgan fingerprint density at radius 1 is 1.18 bits per heavy atom. The molecular formula is C23H25N3OS. The lowest BCUT2D eigenvalue weighted by molar-refractivity contribution is 0.207. The third-order valence-corrected chi connectivity index (χ3v) is 6.33. The van der Waals surface area contributed by atoms with Crippen molar-refractivity contribution in [1.29, 1.82) is 0 Å². The number of nitrogens with one attached hydrogen (secondary N) is 1. The summed E-state index contributed by atoms with van der Waals surface area (Å²) in [5, 5.41) is 4.10. The highest BCUT2D eigenvalue weighted by molar-refractivity contribution is 7.15. The van der Waals surface area contributed by atoms with Gasteiger partial charge in [-0.1, -0.05) is 56.3 Å². The van der Waals surface area contributed by atoms with Gasteiger partial charge in [0, 0.05) is 18.4 Å². The number of benzene rings is 2. The molecule has 1 aliphatic heterocycles. The number of anilines is 1. The van der Waals surface area contributed by atoms with Gasteiger partial charge in [0.2, 0.25) is 0 Å². The Kier molecular flexibility index (Phi) is 5.44. The van der Waals surface area contributed by atoms with Crippen molar-refractivity contribution in [3.63, 3.8) is 0 Å².